The van der Waals surface area contributed by atoms with Crippen molar-refractivity contribution in [1.29, 1.82) is 0 Å². The maximum atomic E-state index is 13.4. The van der Waals surface area contributed by atoms with E-state index in [1.54, 1.807) is 6.07 Å². The molecule has 21 heavy (non-hydrogen) atoms. The van der Waals surface area contributed by atoms with Gasteiger partial charge in [-0.05, 0) is 55.8 Å². The van der Waals surface area contributed by atoms with Crippen molar-refractivity contribution in [1.82, 2.24) is 10.3 Å². The standard InChI is InChI=1S/C17H22FN3/c1-4-19-11-14-9-13(3)17(20-12-14)21(5-2)16-8-6-7-15(18)10-16/h6-10,12,19H,4-5,11H2,1-3H3. The number of rotatable bonds is 6. The predicted molar refractivity (Wildman–Crippen MR) is 85.4 cm³/mol. The molecule has 0 radical (unpaired) electrons. The van der Waals surface area contributed by atoms with Crippen LogP contribution in [-0.2, 0) is 6.54 Å². The van der Waals surface area contributed by atoms with Crippen molar-refractivity contribution in [3.05, 3.63) is 53.5 Å². The van der Waals surface area contributed by atoms with Crippen LogP contribution >= 0.6 is 0 Å². The summed E-state index contributed by atoms with van der Waals surface area (Å²) in [6, 6.07) is 8.75. The Morgan fingerprint density at radius 1 is 1.24 bits per heavy atom. The summed E-state index contributed by atoms with van der Waals surface area (Å²) < 4.78 is 13.4. The first-order valence-electron chi connectivity index (χ1n) is 7.35. The first-order valence-corrected chi connectivity index (χ1v) is 7.35. The van der Waals surface area contributed by atoms with Gasteiger partial charge in [0.2, 0.25) is 0 Å². The molecule has 0 aliphatic heterocycles. The van der Waals surface area contributed by atoms with E-state index in [4.69, 9.17) is 0 Å². The number of hydrogen-bond donors (Lipinski definition) is 1. The molecular formula is C17H22FN3. The molecule has 1 aromatic carbocycles. The fourth-order valence-electron chi connectivity index (χ4n) is 2.37. The van der Waals surface area contributed by atoms with Crippen LogP contribution < -0.4 is 10.2 Å². The van der Waals surface area contributed by atoms with E-state index in [-0.39, 0.29) is 5.82 Å². The van der Waals surface area contributed by atoms with Gasteiger partial charge in [-0.25, -0.2) is 9.37 Å². The van der Waals surface area contributed by atoms with Gasteiger partial charge in [-0.3, -0.25) is 0 Å². The average Bonchev–Trinajstić information content (AvgIpc) is 2.48. The maximum Gasteiger partial charge on any atom is 0.135 e. The first kappa shape index (κ1) is 15.4. The van der Waals surface area contributed by atoms with Gasteiger partial charge in [0.1, 0.15) is 11.6 Å². The van der Waals surface area contributed by atoms with Gasteiger partial charge in [0, 0.05) is 25.0 Å². The van der Waals surface area contributed by atoms with Gasteiger partial charge in [-0.15, -0.1) is 0 Å². The van der Waals surface area contributed by atoms with Gasteiger partial charge in [0.05, 0.1) is 0 Å². The molecule has 4 heteroatoms. The fourth-order valence-corrected chi connectivity index (χ4v) is 2.37. The summed E-state index contributed by atoms with van der Waals surface area (Å²) in [7, 11) is 0. The van der Waals surface area contributed by atoms with Crippen molar-refractivity contribution in [2.75, 3.05) is 18.0 Å². The Morgan fingerprint density at radius 3 is 2.67 bits per heavy atom. The summed E-state index contributed by atoms with van der Waals surface area (Å²) in [5.41, 5.74) is 3.08. The van der Waals surface area contributed by atoms with Gasteiger partial charge >= 0.3 is 0 Å². The highest BCUT2D eigenvalue weighted by Crippen LogP contribution is 2.27. The van der Waals surface area contributed by atoms with Gasteiger partial charge < -0.3 is 10.2 Å². The van der Waals surface area contributed by atoms with Crippen LogP contribution in [-0.4, -0.2) is 18.1 Å². The summed E-state index contributed by atoms with van der Waals surface area (Å²) in [6.07, 6.45) is 1.88. The number of benzene rings is 1. The van der Waals surface area contributed by atoms with Crippen LogP contribution in [0.25, 0.3) is 0 Å². The van der Waals surface area contributed by atoms with Crippen LogP contribution in [0, 0.1) is 12.7 Å². The molecule has 1 heterocycles. The van der Waals surface area contributed by atoms with Gasteiger partial charge in [0.15, 0.2) is 0 Å². The molecule has 0 spiro atoms. The van der Waals surface area contributed by atoms with E-state index in [2.05, 4.69) is 23.3 Å². The molecule has 0 aliphatic carbocycles. The number of aryl methyl sites for hydroxylation is 1. The second kappa shape index (κ2) is 7.18. The minimum Gasteiger partial charge on any atom is -0.326 e. The van der Waals surface area contributed by atoms with Crippen molar-refractivity contribution in [2.24, 2.45) is 0 Å². The van der Waals surface area contributed by atoms with Crippen LogP contribution in [0.2, 0.25) is 0 Å². The topological polar surface area (TPSA) is 28.2 Å². The van der Waals surface area contributed by atoms with Crippen molar-refractivity contribution >= 4 is 11.5 Å². The summed E-state index contributed by atoms with van der Waals surface area (Å²) in [5, 5.41) is 3.29. The Balaban J connectivity index is 2.30. The van der Waals surface area contributed by atoms with E-state index < -0.39 is 0 Å². The van der Waals surface area contributed by atoms with E-state index in [0.717, 1.165) is 42.3 Å². The monoisotopic (exact) mass is 287 g/mol. The smallest absolute Gasteiger partial charge is 0.135 e. The lowest BCUT2D eigenvalue weighted by Crippen LogP contribution is -2.19. The molecule has 2 rings (SSSR count). The molecule has 0 aliphatic rings. The van der Waals surface area contributed by atoms with Crippen LogP contribution in [0.15, 0.2) is 36.5 Å². The van der Waals surface area contributed by atoms with E-state index in [1.807, 2.05) is 31.0 Å². The van der Waals surface area contributed by atoms with Crippen molar-refractivity contribution in [3.63, 3.8) is 0 Å². The molecule has 0 atom stereocenters. The first-order chi connectivity index (χ1) is 10.2. The fraction of sp³-hybridized carbons (Fsp3) is 0.353. The van der Waals surface area contributed by atoms with Gasteiger partial charge in [0.25, 0.3) is 0 Å². The number of pyridine rings is 1. The number of anilines is 2. The highest BCUT2D eigenvalue weighted by molar-refractivity contribution is 5.62. The Morgan fingerprint density at radius 2 is 2.05 bits per heavy atom. The van der Waals surface area contributed by atoms with Crippen molar-refractivity contribution in [2.45, 2.75) is 27.3 Å². The van der Waals surface area contributed by atoms with Crippen molar-refractivity contribution < 1.29 is 4.39 Å². The second-order valence-corrected chi connectivity index (χ2v) is 4.99. The summed E-state index contributed by atoms with van der Waals surface area (Å²) >= 11 is 0. The van der Waals surface area contributed by atoms with Crippen LogP contribution in [0.4, 0.5) is 15.9 Å². The molecule has 0 unspecified atom stereocenters. The lowest BCUT2D eigenvalue weighted by molar-refractivity contribution is 0.627. The highest BCUT2D eigenvalue weighted by atomic mass is 19.1. The van der Waals surface area contributed by atoms with Gasteiger partial charge in [-0.1, -0.05) is 13.0 Å². The molecule has 0 saturated carbocycles. The minimum atomic E-state index is -0.229. The van der Waals surface area contributed by atoms with Crippen LogP contribution in [0.5, 0.6) is 0 Å². The number of hydrogen-bond acceptors (Lipinski definition) is 3. The zero-order valence-corrected chi connectivity index (χ0v) is 12.9. The zero-order chi connectivity index (χ0) is 15.2. The average molecular weight is 287 g/mol. The predicted octanol–water partition coefficient (Wildman–Crippen LogP) is 3.80. The molecule has 1 N–H and O–H groups in total. The third kappa shape index (κ3) is 3.79. The summed E-state index contributed by atoms with van der Waals surface area (Å²) in [5.74, 6) is 0.649. The molecule has 0 amide bonds. The summed E-state index contributed by atoms with van der Waals surface area (Å²) in [6.45, 7) is 8.65. The molecular weight excluding hydrogens is 265 g/mol. The zero-order valence-electron chi connectivity index (χ0n) is 12.9. The maximum absolute atomic E-state index is 13.4. The lowest BCUT2D eigenvalue weighted by Gasteiger charge is -2.24. The minimum absolute atomic E-state index is 0.229. The van der Waals surface area contributed by atoms with Crippen molar-refractivity contribution in [3.8, 4) is 0 Å². The Labute approximate surface area is 125 Å². The molecule has 0 bridgehead atoms. The van der Waals surface area contributed by atoms with Gasteiger partial charge in [-0.2, -0.15) is 0 Å². The molecule has 1 aromatic heterocycles. The number of nitrogens with zero attached hydrogens (tertiary/aromatic N) is 2. The summed E-state index contributed by atoms with van der Waals surface area (Å²) in [4.78, 5) is 6.60. The number of aromatic nitrogens is 1. The van der Waals surface area contributed by atoms with Crippen LogP contribution in [0.1, 0.15) is 25.0 Å². The lowest BCUT2D eigenvalue weighted by atomic mass is 10.1. The normalized spacial score (nSPS) is 10.7. The largest absolute Gasteiger partial charge is 0.326 e. The van der Waals surface area contributed by atoms with E-state index in [1.165, 1.54) is 12.1 Å². The molecule has 0 fully saturated rings. The Hall–Kier alpha value is -1.94. The quantitative estimate of drug-likeness (QED) is 0.876. The molecule has 2 aromatic rings. The number of halogens is 1. The van der Waals surface area contributed by atoms with E-state index in [9.17, 15) is 4.39 Å². The number of nitrogens with one attached hydrogen (secondary N) is 1. The third-order valence-corrected chi connectivity index (χ3v) is 3.38. The SMILES string of the molecule is CCNCc1cnc(N(CC)c2cccc(F)c2)c(C)c1. The van der Waals surface area contributed by atoms with E-state index in [0.29, 0.717) is 0 Å². The second-order valence-electron chi connectivity index (χ2n) is 4.99. The Bertz CT molecular complexity index is 598. The molecule has 112 valence electrons. The molecule has 0 saturated heterocycles. The van der Waals surface area contributed by atoms with Crippen LogP contribution in [0.3, 0.4) is 0 Å². The highest BCUT2D eigenvalue weighted by Gasteiger charge is 2.12. The van der Waals surface area contributed by atoms with E-state index >= 15 is 0 Å². The third-order valence-electron chi connectivity index (χ3n) is 3.38. The Kier molecular flexibility index (Phi) is 5.28. The molecule has 3 nitrogen and oxygen atoms in total.